The molecule has 0 aliphatic carbocycles. The lowest BCUT2D eigenvalue weighted by Crippen LogP contribution is -2.32. The van der Waals surface area contributed by atoms with Gasteiger partial charge in [0, 0.05) is 55.1 Å². The largest absolute Gasteiger partial charge is 0.457 e. The molecule has 1 aliphatic rings. The van der Waals surface area contributed by atoms with Crippen LogP contribution in [0.1, 0.15) is 38.6 Å². The number of pyridine rings is 1. The van der Waals surface area contributed by atoms with Gasteiger partial charge >= 0.3 is 6.03 Å². The summed E-state index contributed by atoms with van der Waals surface area (Å²) in [7, 11) is -1.81. The Morgan fingerprint density at radius 2 is 1.74 bits per heavy atom. The van der Waals surface area contributed by atoms with Crippen molar-refractivity contribution in [3.05, 3.63) is 108 Å². The molecule has 47 heavy (non-hydrogen) atoms. The molecule has 1 atom stereocenters. The highest BCUT2D eigenvalue weighted by molar-refractivity contribution is 7.89. The molecule has 3 heterocycles. The summed E-state index contributed by atoms with van der Waals surface area (Å²) in [6.45, 7) is 8.04. The zero-order valence-corrected chi connectivity index (χ0v) is 27.7. The van der Waals surface area contributed by atoms with Crippen LogP contribution in [0.4, 0.5) is 20.7 Å². The Balaban J connectivity index is 1.28. The van der Waals surface area contributed by atoms with Crippen molar-refractivity contribution in [2.75, 3.05) is 24.2 Å². The average molecular weight is 660 g/mol. The van der Waals surface area contributed by atoms with Crippen molar-refractivity contribution < 1.29 is 22.3 Å². The third-order valence-corrected chi connectivity index (χ3v) is 8.90. The topological polar surface area (TPSA) is 130 Å². The molecule has 1 aliphatic heterocycles. The lowest BCUT2D eigenvalue weighted by molar-refractivity contribution is 0.262. The molecule has 1 unspecified atom stereocenters. The van der Waals surface area contributed by atoms with Crippen LogP contribution in [0.15, 0.2) is 96.2 Å². The fourth-order valence-corrected chi connectivity index (χ4v) is 5.85. The van der Waals surface area contributed by atoms with Crippen LogP contribution in [0.3, 0.4) is 0 Å². The number of benzene rings is 2. The summed E-state index contributed by atoms with van der Waals surface area (Å²) >= 11 is 0. The van der Waals surface area contributed by atoms with Gasteiger partial charge in [-0.15, -0.1) is 0 Å². The van der Waals surface area contributed by atoms with E-state index in [1.807, 2.05) is 64.1 Å². The van der Waals surface area contributed by atoms with Gasteiger partial charge in [-0.05, 0) is 68.1 Å². The molecular weight excluding hydrogens is 621 g/mol. The van der Waals surface area contributed by atoms with E-state index in [1.165, 1.54) is 28.9 Å². The van der Waals surface area contributed by atoms with Gasteiger partial charge in [-0.3, -0.25) is 10.3 Å². The molecule has 0 fully saturated rings. The second-order valence-electron chi connectivity index (χ2n) is 12.2. The number of allylic oxidation sites excluding steroid dienone is 2. The van der Waals surface area contributed by atoms with E-state index in [9.17, 15) is 17.6 Å². The van der Waals surface area contributed by atoms with Gasteiger partial charge in [0.05, 0.1) is 22.0 Å². The molecule has 13 heteroatoms. The number of rotatable bonds is 10. The molecule has 0 saturated heterocycles. The van der Waals surface area contributed by atoms with E-state index < -0.39 is 21.9 Å². The number of ether oxygens (including phenoxy) is 1. The predicted octanol–water partition coefficient (Wildman–Crippen LogP) is 6.50. The fourth-order valence-electron chi connectivity index (χ4n) is 4.80. The number of halogens is 1. The van der Waals surface area contributed by atoms with Crippen molar-refractivity contribution in [1.82, 2.24) is 24.4 Å². The number of likely N-dealkylation sites (N-methyl/N-ethyl adjacent to an activating group) is 1. The van der Waals surface area contributed by atoms with Gasteiger partial charge in [0.25, 0.3) is 0 Å². The van der Waals surface area contributed by atoms with Crippen molar-refractivity contribution in [3.8, 4) is 17.2 Å². The molecule has 5 rings (SSSR count). The maximum atomic E-state index is 14.9. The summed E-state index contributed by atoms with van der Waals surface area (Å²) in [4.78, 5) is 19.3. The minimum absolute atomic E-state index is 0.0486. The van der Waals surface area contributed by atoms with E-state index in [1.54, 1.807) is 42.6 Å². The molecule has 0 radical (unpaired) electrons. The maximum Gasteiger partial charge on any atom is 0.324 e. The van der Waals surface area contributed by atoms with Crippen LogP contribution in [0.25, 0.3) is 5.69 Å². The average Bonchev–Trinajstić information content (AvgIpc) is 3.44. The molecule has 4 aromatic rings. The molecule has 11 nitrogen and oxygen atoms in total. The summed E-state index contributed by atoms with van der Waals surface area (Å²) < 4.78 is 50.8. The second kappa shape index (κ2) is 13.8. The van der Waals surface area contributed by atoms with Crippen molar-refractivity contribution in [2.24, 2.45) is 0 Å². The molecule has 0 bridgehead atoms. The standard InChI is InChI=1S/C34H38FN7O4S/c1-23-20-27(16-17-36-23)46-26-11-14-30(29(35)21-26)38-33(43)39-32-22-31(34(2,3)4)40-42(32)25-9-12-28(13-10-25)47(44,45)37-18-15-24-8-6-7-19-41(24)5/h6-14,16-17,19-22,24,37H,15,18H2,1-5H3,(H2,38,39,43). The van der Waals surface area contributed by atoms with E-state index in [0.29, 0.717) is 29.4 Å². The minimum atomic E-state index is -3.75. The molecular formula is C34H38FN7O4S. The number of hydrogen-bond acceptors (Lipinski definition) is 7. The lowest BCUT2D eigenvalue weighted by atomic mass is 9.92. The number of carbonyl (C=O) groups excluding carboxylic acids is 1. The number of aromatic nitrogens is 3. The number of nitrogens with zero attached hydrogens (tertiary/aromatic N) is 4. The first kappa shape index (κ1) is 33.4. The Morgan fingerprint density at radius 3 is 2.43 bits per heavy atom. The Labute approximate surface area is 274 Å². The van der Waals surface area contributed by atoms with Crippen LogP contribution in [-0.4, -0.2) is 53.7 Å². The van der Waals surface area contributed by atoms with Crippen LogP contribution in [0.2, 0.25) is 0 Å². The minimum Gasteiger partial charge on any atom is -0.457 e. The number of hydrogen-bond donors (Lipinski definition) is 3. The molecule has 2 aromatic carbocycles. The highest BCUT2D eigenvalue weighted by atomic mass is 32.2. The maximum absolute atomic E-state index is 14.9. The second-order valence-corrected chi connectivity index (χ2v) is 13.9. The van der Waals surface area contributed by atoms with Crippen LogP contribution < -0.4 is 20.1 Å². The summed E-state index contributed by atoms with van der Waals surface area (Å²) in [5, 5.41) is 9.96. The Bertz CT molecular complexity index is 1920. The van der Waals surface area contributed by atoms with Crippen LogP contribution >= 0.6 is 0 Å². The number of carbonyl (C=O) groups is 1. The van der Waals surface area contributed by atoms with Crippen molar-refractivity contribution >= 4 is 27.6 Å². The van der Waals surface area contributed by atoms with Gasteiger partial charge in [0.15, 0.2) is 0 Å². The SMILES string of the molecule is Cc1cc(Oc2ccc(NC(=O)Nc3cc(C(C)(C)C)nn3-c3ccc(S(=O)(=O)NCCC4C=CC=CN4C)cc3)c(F)c2)ccn1. The Hall–Kier alpha value is -5.01. The number of sulfonamides is 1. The summed E-state index contributed by atoms with van der Waals surface area (Å²) in [6, 6.07) is 14.9. The Morgan fingerprint density at radius 1 is 1.00 bits per heavy atom. The normalized spacial score (nSPS) is 14.7. The van der Waals surface area contributed by atoms with E-state index >= 15 is 0 Å². The molecule has 0 spiro atoms. The Kier molecular flexibility index (Phi) is 9.77. The number of anilines is 2. The number of amides is 2. The zero-order chi connectivity index (χ0) is 33.8. The third-order valence-electron chi connectivity index (χ3n) is 7.42. The monoisotopic (exact) mass is 659 g/mol. The lowest BCUT2D eigenvalue weighted by Gasteiger charge is -2.26. The smallest absolute Gasteiger partial charge is 0.324 e. The zero-order valence-electron chi connectivity index (χ0n) is 26.9. The number of nitrogens with one attached hydrogen (secondary N) is 3. The van der Waals surface area contributed by atoms with Gasteiger partial charge in [-0.1, -0.05) is 32.9 Å². The number of urea groups is 1. The van der Waals surface area contributed by atoms with Crippen LogP contribution in [0.5, 0.6) is 11.5 Å². The first-order valence-corrected chi connectivity index (χ1v) is 16.5. The van der Waals surface area contributed by atoms with Gasteiger partial charge < -0.3 is 15.0 Å². The van der Waals surface area contributed by atoms with E-state index in [0.717, 1.165) is 5.69 Å². The highest BCUT2D eigenvalue weighted by Gasteiger charge is 2.23. The third kappa shape index (κ3) is 8.43. The van der Waals surface area contributed by atoms with E-state index in [4.69, 9.17) is 4.74 Å². The van der Waals surface area contributed by atoms with Crippen LogP contribution in [0, 0.1) is 12.7 Å². The van der Waals surface area contributed by atoms with Crippen molar-refractivity contribution in [1.29, 1.82) is 0 Å². The van der Waals surface area contributed by atoms with Gasteiger partial charge in [0.2, 0.25) is 10.0 Å². The fraction of sp³-hybridized carbons (Fsp3) is 0.265. The molecule has 2 aromatic heterocycles. The summed E-state index contributed by atoms with van der Waals surface area (Å²) in [6.07, 6.45) is 10.1. The van der Waals surface area contributed by atoms with Crippen molar-refractivity contribution in [3.63, 3.8) is 0 Å². The quantitative estimate of drug-likeness (QED) is 0.177. The molecule has 2 amide bonds. The molecule has 246 valence electrons. The van der Waals surface area contributed by atoms with Crippen LogP contribution in [-0.2, 0) is 15.4 Å². The molecule has 3 N–H and O–H groups in total. The molecule has 0 saturated carbocycles. The highest BCUT2D eigenvalue weighted by Crippen LogP contribution is 2.28. The van der Waals surface area contributed by atoms with Gasteiger partial charge in [-0.2, -0.15) is 5.10 Å². The van der Waals surface area contributed by atoms with Gasteiger partial charge in [-0.25, -0.2) is 27.0 Å². The summed E-state index contributed by atoms with van der Waals surface area (Å²) in [5.41, 5.74) is 1.55. The number of aryl methyl sites for hydroxylation is 1. The van der Waals surface area contributed by atoms with E-state index in [-0.39, 0.29) is 34.3 Å². The first-order chi connectivity index (χ1) is 22.3. The van der Waals surface area contributed by atoms with Crippen molar-refractivity contribution in [2.45, 2.75) is 50.5 Å². The van der Waals surface area contributed by atoms with Gasteiger partial charge in [0.1, 0.15) is 23.1 Å². The summed E-state index contributed by atoms with van der Waals surface area (Å²) in [5.74, 6) is 0.405. The first-order valence-electron chi connectivity index (χ1n) is 15.0. The van der Waals surface area contributed by atoms with E-state index in [2.05, 4.69) is 25.4 Å². The predicted molar refractivity (Wildman–Crippen MR) is 180 cm³/mol.